The van der Waals surface area contributed by atoms with E-state index in [1.165, 1.54) is 21.3 Å². The van der Waals surface area contributed by atoms with Gasteiger partial charge in [-0.3, -0.25) is 9.59 Å². The van der Waals surface area contributed by atoms with E-state index >= 15 is 0 Å². The second kappa shape index (κ2) is 8.73. The molecule has 0 unspecified atom stereocenters. The van der Waals surface area contributed by atoms with Gasteiger partial charge in [-0.1, -0.05) is 0 Å². The molecule has 0 bridgehead atoms. The molecule has 122 valence electrons. The van der Waals surface area contributed by atoms with Crippen LogP contribution >= 0.6 is 0 Å². The quantitative estimate of drug-likeness (QED) is 0.591. The average Bonchev–Trinajstić information content (AvgIpc) is 2.56. The molecule has 0 fully saturated rings. The lowest BCUT2D eigenvalue weighted by Gasteiger charge is -2.15. The Balaban J connectivity index is 2.75. The molecular weight excluding hydrogens is 290 g/mol. The molecular formula is C14H21N3O5. The number of amides is 2. The first-order valence-electron chi connectivity index (χ1n) is 6.58. The molecule has 2 amide bonds. The minimum atomic E-state index is -0.394. The molecule has 0 radical (unpaired) electrons. The van der Waals surface area contributed by atoms with Crippen molar-refractivity contribution in [3.05, 3.63) is 17.7 Å². The molecule has 8 heteroatoms. The topological polar surface area (TPSA) is 112 Å². The third-order valence-electron chi connectivity index (χ3n) is 2.91. The zero-order valence-electron chi connectivity index (χ0n) is 12.9. The van der Waals surface area contributed by atoms with Gasteiger partial charge >= 0.3 is 0 Å². The van der Waals surface area contributed by atoms with Crippen molar-refractivity contribution in [1.29, 1.82) is 0 Å². The van der Waals surface area contributed by atoms with Crippen LogP contribution in [0, 0.1) is 0 Å². The number of hydrogen-bond donors (Lipinski definition) is 3. The van der Waals surface area contributed by atoms with E-state index in [1.807, 2.05) is 0 Å². The van der Waals surface area contributed by atoms with Gasteiger partial charge in [0.05, 0.1) is 46.5 Å². The summed E-state index contributed by atoms with van der Waals surface area (Å²) in [6.45, 7) is -0.113. The lowest BCUT2D eigenvalue weighted by Crippen LogP contribution is -2.39. The number of ether oxygens (including phenoxy) is 3. The van der Waals surface area contributed by atoms with Gasteiger partial charge in [-0.25, -0.2) is 0 Å². The molecule has 0 heterocycles. The Morgan fingerprint density at radius 1 is 1.00 bits per heavy atom. The Morgan fingerprint density at radius 2 is 1.59 bits per heavy atom. The number of benzene rings is 1. The van der Waals surface area contributed by atoms with E-state index < -0.39 is 5.91 Å². The van der Waals surface area contributed by atoms with E-state index in [-0.39, 0.29) is 25.5 Å². The molecule has 0 saturated heterocycles. The zero-order chi connectivity index (χ0) is 16.5. The van der Waals surface area contributed by atoms with Crippen LogP contribution in [0.15, 0.2) is 12.1 Å². The summed E-state index contributed by atoms with van der Waals surface area (Å²) in [4.78, 5) is 22.7. The van der Waals surface area contributed by atoms with Crippen molar-refractivity contribution in [1.82, 2.24) is 10.6 Å². The van der Waals surface area contributed by atoms with Crippen molar-refractivity contribution in [3.8, 4) is 17.2 Å². The molecule has 0 aromatic heterocycles. The molecule has 1 aromatic carbocycles. The fourth-order valence-corrected chi connectivity index (χ4v) is 1.75. The largest absolute Gasteiger partial charge is 0.496 e. The number of nitrogens with one attached hydrogen (secondary N) is 2. The Bertz CT molecular complexity index is 508. The number of methoxy groups -OCH3 is 3. The Kier molecular flexibility index (Phi) is 6.97. The molecule has 8 nitrogen and oxygen atoms in total. The van der Waals surface area contributed by atoms with E-state index in [9.17, 15) is 9.59 Å². The van der Waals surface area contributed by atoms with E-state index in [4.69, 9.17) is 19.9 Å². The highest BCUT2D eigenvalue weighted by molar-refractivity contribution is 5.85. The minimum Gasteiger partial charge on any atom is -0.496 e. The first kappa shape index (κ1) is 17.6. The summed E-state index contributed by atoms with van der Waals surface area (Å²) in [5, 5.41) is 5.06. The van der Waals surface area contributed by atoms with Gasteiger partial charge in [0.1, 0.15) is 17.2 Å². The lowest BCUT2D eigenvalue weighted by atomic mass is 10.1. The van der Waals surface area contributed by atoms with E-state index in [2.05, 4.69) is 10.6 Å². The lowest BCUT2D eigenvalue weighted by molar-refractivity contribution is -0.125. The van der Waals surface area contributed by atoms with Crippen LogP contribution in [0.4, 0.5) is 0 Å². The molecule has 4 N–H and O–H groups in total. The molecule has 0 saturated carbocycles. The van der Waals surface area contributed by atoms with Gasteiger partial charge in [-0.15, -0.1) is 0 Å². The molecule has 1 rings (SSSR count). The summed E-state index contributed by atoms with van der Waals surface area (Å²) in [5.41, 5.74) is 5.81. The van der Waals surface area contributed by atoms with Crippen LogP contribution in [-0.4, -0.2) is 46.2 Å². The molecule has 0 atom stereocenters. The fourth-order valence-electron chi connectivity index (χ4n) is 1.75. The SMILES string of the molecule is COc1cc(OC)c(CNC(=O)CNC(=O)CN)c(OC)c1. The smallest absolute Gasteiger partial charge is 0.239 e. The maximum Gasteiger partial charge on any atom is 0.239 e. The molecule has 0 spiro atoms. The standard InChI is InChI=1S/C14H21N3O5/c1-20-9-4-11(21-2)10(12(5-9)22-3)7-16-14(19)8-17-13(18)6-15/h4-5H,6-8,15H2,1-3H3,(H,16,19)(H,17,18). The maximum atomic E-state index is 11.7. The Hall–Kier alpha value is -2.48. The van der Waals surface area contributed by atoms with Crippen molar-refractivity contribution < 1.29 is 23.8 Å². The van der Waals surface area contributed by atoms with E-state index in [1.54, 1.807) is 12.1 Å². The minimum absolute atomic E-state index is 0.142. The summed E-state index contributed by atoms with van der Waals surface area (Å²) in [6.07, 6.45) is 0. The summed E-state index contributed by atoms with van der Waals surface area (Å²) in [6, 6.07) is 3.39. The van der Waals surface area contributed by atoms with Gasteiger partial charge in [0.25, 0.3) is 0 Å². The number of rotatable bonds is 8. The number of hydrogen-bond acceptors (Lipinski definition) is 6. The molecule has 1 aromatic rings. The van der Waals surface area contributed by atoms with E-state index in [0.717, 1.165) is 0 Å². The third kappa shape index (κ3) is 4.81. The predicted octanol–water partition coefficient (Wildman–Crippen LogP) is -0.596. The summed E-state index contributed by atoms with van der Waals surface area (Å²) in [7, 11) is 4.57. The maximum absolute atomic E-state index is 11.7. The van der Waals surface area contributed by atoms with Crippen molar-refractivity contribution in [2.45, 2.75) is 6.54 Å². The van der Waals surface area contributed by atoms with Gasteiger partial charge in [0, 0.05) is 12.1 Å². The number of carbonyl (C=O) groups is 2. The second-order valence-corrected chi connectivity index (χ2v) is 4.27. The van der Waals surface area contributed by atoms with Crippen LogP contribution in [0.2, 0.25) is 0 Å². The molecule has 0 aliphatic heterocycles. The van der Waals surface area contributed by atoms with E-state index in [0.29, 0.717) is 22.8 Å². The number of nitrogens with two attached hydrogens (primary N) is 1. The zero-order valence-corrected chi connectivity index (χ0v) is 12.9. The van der Waals surface area contributed by atoms with Crippen molar-refractivity contribution in [2.75, 3.05) is 34.4 Å². The summed E-state index contributed by atoms with van der Waals surface area (Å²) in [5.74, 6) is 0.903. The van der Waals surface area contributed by atoms with Crippen LogP contribution in [-0.2, 0) is 16.1 Å². The first-order chi connectivity index (χ1) is 10.5. The Morgan fingerprint density at radius 3 is 2.05 bits per heavy atom. The summed E-state index contributed by atoms with van der Waals surface area (Å²) < 4.78 is 15.7. The van der Waals surface area contributed by atoms with Gasteiger partial charge in [0.15, 0.2) is 0 Å². The van der Waals surface area contributed by atoms with Crippen LogP contribution < -0.4 is 30.6 Å². The monoisotopic (exact) mass is 311 g/mol. The van der Waals surface area contributed by atoms with Crippen LogP contribution in [0.5, 0.6) is 17.2 Å². The number of carbonyl (C=O) groups excluding carboxylic acids is 2. The highest BCUT2D eigenvalue weighted by Gasteiger charge is 2.14. The van der Waals surface area contributed by atoms with Gasteiger partial charge in [0.2, 0.25) is 11.8 Å². The molecule has 0 aliphatic carbocycles. The average molecular weight is 311 g/mol. The fraction of sp³-hybridized carbons (Fsp3) is 0.429. The highest BCUT2D eigenvalue weighted by Crippen LogP contribution is 2.33. The third-order valence-corrected chi connectivity index (χ3v) is 2.91. The highest BCUT2D eigenvalue weighted by atomic mass is 16.5. The van der Waals surface area contributed by atoms with Gasteiger partial charge in [-0.2, -0.15) is 0 Å². The second-order valence-electron chi connectivity index (χ2n) is 4.27. The normalized spacial score (nSPS) is 9.82. The van der Waals surface area contributed by atoms with Gasteiger partial charge in [-0.05, 0) is 0 Å². The summed E-state index contributed by atoms with van der Waals surface area (Å²) >= 11 is 0. The van der Waals surface area contributed by atoms with Gasteiger partial charge < -0.3 is 30.6 Å². The first-order valence-corrected chi connectivity index (χ1v) is 6.58. The van der Waals surface area contributed by atoms with Crippen molar-refractivity contribution >= 4 is 11.8 Å². The Labute approximate surface area is 128 Å². The predicted molar refractivity (Wildman–Crippen MR) is 80.0 cm³/mol. The van der Waals surface area contributed by atoms with Crippen LogP contribution in [0.25, 0.3) is 0 Å². The molecule has 22 heavy (non-hydrogen) atoms. The van der Waals surface area contributed by atoms with Crippen LogP contribution in [0.1, 0.15) is 5.56 Å². The van der Waals surface area contributed by atoms with Crippen molar-refractivity contribution in [2.24, 2.45) is 5.73 Å². The van der Waals surface area contributed by atoms with Crippen LogP contribution in [0.3, 0.4) is 0 Å². The van der Waals surface area contributed by atoms with Crippen molar-refractivity contribution in [3.63, 3.8) is 0 Å². The molecule has 0 aliphatic rings.